The summed E-state index contributed by atoms with van der Waals surface area (Å²) in [5, 5.41) is 1.30. The van der Waals surface area contributed by atoms with Crippen molar-refractivity contribution in [3.63, 3.8) is 0 Å². The van der Waals surface area contributed by atoms with Gasteiger partial charge in [-0.25, -0.2) is 0 Å². The van der Waals surface area contributed by atoms with Gasteiger partial charge in [0.25, 0.3) is 0 Å². The van der Waals surface area contributed by atoms with Crippen molar-refractivity contribution in [2.45, 2.75) is 19.3 Å². The van der Waals surface area contributed by atoms with Crippen LogP contribution in [0.25, 0.3) is 0 Å². The Morgan fingerprint density at radius 3 is 2.86 bits per heavy atom. The van der Waals surface area contributed by atoms with Crippen LogP contribution in [0.5, 0.6) is 0 Å². The summed E-state index contributed by atoms with van der Waals surface area (Å²) in [5.41, 5.74) is 2.33. The molecule has 0 unspecified atom stereocenters. The summed E-state index contributed by atoms with van der Waals surface area (Å²) in [7, 11) is 0. The van der Waals surface area contributed by atoms with Gasteiger partial charge in [0.05, 0.1) is 10.0 Å². The zero-order valence-corrected chi connectivity index (χ0v) is 9.28. The van der Waals surface area contributed by atoms with Crippen molar-refractivity contribution in [1.29, 1.82) is 0 Å². The zero-order valence-electron chi connectivity index (χ0n) is 7.76. The van der Waals surface area contributed by atoms with Crippen LogP contribution in [0.3, 0.4) is 0 Å². The number of halogens is 2. The minimum atomic E-state index is 0.628. The van der Waals surface area contributed by atoms with Crippen LogP contribution in [0.1, 0.15) is 18.4 Å². The van der Waals surface area contributed by atoms with Crippen molar-refractivity contribution in [1.82, 2.24) is 0 Å². The minimum Gasteiger partial charge on any atom is -0.294 e. The monoisotopic (exact) mass is 227 g/mol. The quantitative estimate of drug-likeness (QED) is 0.730. The highest BCUT2D eigenvalue weighted by atomic mass is 35.5. The average molecular weight is 228 g/mol. The lowest BCUT2D eigenvalue weighted by Gasteiger charge is -2.05. The van der Waals surface area contributed by atoms with E-state index in [0.29, 0.717) is 10.0 Å². The SMILES string of the molecule is Clc1cccc(CC2=NCCC2)c1Cl. The van der Waals surface area contributed by atoms with Crippen LogP contribution >= 0.6 is 23.2 Å². The number of benzene rings is 1. The molecule has 74 valence electrons. The number of rotatable bonds is 2. The Morgan fingerprint density at radius 2 is 2.14 bits per heavy atom. The fourth-order valence-electron chi connectivity index (χ4n) is 1.65. The van der Waals surface area contributed by atoms with Crippen LogP contribution in [0.2, 0.25) is 10.0 Å². The molecule has 0 radical (unpaired) electrons. The first kappa shape index (κ1) is 10.0. The Morgan fingerprint density at radius 1 is 1.29 bits per heavy atom. The molecule has 0 bridgehead atoms. The Hall–Kier alpha value is -0.530. The van der Waals surface area contributed by atoms with Gasteiger partial charge in [0.15, 0.2) is 0 Å². The van der Waals surface area contributed by atoms with E-state index in [1.807, 2.05) is 18.2 Å². The Kier molecular flexibility index (Phi) is 3.09. The summed E-state index contributed by atoms with van der Waals surface area (Å²) in [5.74, 6) is 0. The zero-order chi connectivity index (χ0) is 9.97. The molecular weight excluding hydrogens is 217 g/mol. The van der Waals surface area contributed by atoms with Gasteiger partial charge < -0.3 is 0 Å². The Bertz CT molecular complexity index is 372. The van der Waals surface area contributed by atoms with E-state index in [1.54, 1.807) is 0 Å². The number of nitrogens with zero attached hydrogens (tertiary/aromatic N) is 1. The third-order valence-electron chi connectivity index (χ3n) is 2.38. The Balaban J connectivity index is 2.20. The van der Waals surface area contributed by atoms with Gasteiger partial charge in [-0.05, 0) is 24.5 Å². The van der Waals surface area contributed by atoms with Gasteiger partial charge in [-0.15, -0.1) is 0 Å². The van der Waals surface area contributed by atoms with Crippen molar-refractivity contribution >= 4 is 28.9 Å². The summed E-state index contributed by atoms with van der Waals surface area (Å²) in [4.78, 5) is 4.42. The lowest BCUT2D eigenvalue weighted by atomic mass is 10.1. The summed E-state index contributed by atoms with van der Waals surface area (Å²) >= 11 is 12.0. The number of hydrogen-bond acceptors (Lipinski definition) is 1. The van der Waals surface area contributed by atoms with Crippen LogP contribution in [-0.4, -0.2) is 12.3 Å². The van der Waals surface area contributed by atoms with Crippen LogP contribution in [0, 0.1) is 0 Å². The maximum Gasteiger partial charge on any atom is 0.0628 e. The summed E-state index contributed by atoms with van der Waals surface area (Å²) < 4.78 is 0. The lowest BCUT2D eigenvalue weighted by molar-refractivity contribution is 0.949. The molecule has 3 heteroatoms. The van der Waals surface area contributed by atoms with Gasteiger partial charge in [-0.3, -0.25) is 4.99 Å². The molecular formula is C11H11Cl2N. The van der Waals surface area contributed by atoms with E-state index in [1.165, 1.54) is 12.1 Å². The third kappa shape index (κ3) is 2.10. The first-order valence-electron chi connectivity index (χ1n) is 4.72. The third-order valence-corrected chi connectivity index (χ3v) is 3.24. The molecule has 0 amide bonds. The fraction of sp³-hybridized carbons (Fsp3) is 0.364. The molecule has 1 heterocycles. The molecule has 0 atom stereocenters. The van der Waals surface area contributed by atoms with Gasteiger partial charge in [0.2, 0.25) is 0 Å². The molecule has 2 rings (SSSR count). The molecule has 1 aliphatic heterocycles. The molecule has 0 saturated carbocycles. The predicted octanol–water partition coefficient (Wildman–Crippen LogP) is 3.77. The maximum absolute atomic E-state index is 6.08. The standard InChI is InChI=1S/C11H11Cl2N/c12-10-5-1-3-8(11(10)13)7-9-4-2-6-14-9/h1,3,5H,2,4,6-7H2. The second-order valence-corrected chi connectivity index (χ2v) is 4.23. The van der Waals surface area contributed by atoms with Gasteiger partial charge in [-0.2, -0.15) is 0 Å². The molecule has 1 aliphatic rings. The highest BCUT2D eigenvalue weighted by Crippen LogP contribution is 2.26. The van der Waals surface area contributed by atoms with Gasteiger partial charge in [0, 0.05) is 18.7 Å². The smallest absolute Gasteiger partial charge is 0.0628 e. The van der Waals surface area contributed by atoms with Crippen molar-refractivity contribution in [3.8, 4) is 0 Å². The second kappa shape index (κ2) is 4.33. The molecule has 1 nitrogen and oxygen atoms in total. The first-order valence-corrected chi connectivity index (χ1v) is 5.48. The molecule has 0 spiro atoms. The topological polar surface area (TPSA) is 12.4 Å². The van der Waals surface area contributed by atoms with Crippen molar-refractivity contribution in [2.75, 3.05) is 6.54 Å². The van der Waals surface area contributed by atoms with Crippen molar-refractivity contribution in [2.24, 2.45) is 4.99 Å². The van der Waals surface area contributed by atoms with E-state index in [-0.39, 0.29) is 0 Å². The van der Waals surface area contributed by atoms with Gasteiger partial charge in [-0.1, -0.05) is 35.3 Å². The molecule has 1 aromatic carbocycles. The highest BCUT2D eigenvalue weighted by molar-refractivity contribution is 6.42. The predicted molar refractivity (Wildman–Crippen MR) is 61.7 cm³/mol. The van der Waals surface area contributed by atoms with E-state index in [4.69, 9.17) is 23.2 Å². The second-order valence-electron chi connectivity index (χ2n) is 3.44. The number of aliphatic imine (C=N–C) groups is 1. The first-order chi connectivity index (χ1) is 6.77. The minimum absolute atomic E-state index is 0.628. The molecule has 1 aromatic rings. The van der Waals surface area contributed by atoms with Crippen LogP contribution in [0.15, 0.2) is 23.2 Å². The van der Waals surface area contributed by atoms with Crippen LogP contribution in [0.4, 0.5) is 0 Å². The molecule has 0 aromatic heterocycles. The largest absolute Gasteiger partial charge is 0.294 e. The maximum atomic E-state index is 6.08. The van der Waals surface area contributed by atoms with E-state index >= 15 is 0 Å². The van der Waals surface area contributed by atoms with E-state index in [0.717, 1.165) is 24.9 Å². The molecule has 0 saturated heterocycles. The molecule has 14 heavy (non-hydrogen) atoms. The average Bonchev–Trinajstić information content (AvgIpc) is 2.66. The Labute approximate surface area is 93.8 Å². The summed E-state index contributed by atoms with van der Waals surface area (Å²) in [6, 6.07) is 5.75. The van der Waals surface area contributed by atoms with Gasteiger partial charge in [0.1, 0.15) is 0 Å². The molecule has 0 aliphatic carbocycles. The highest BCUT2D eigenvalue weighted by Gasteiger charge is 2.10. The van der Waals surface area contributed by atoms with E-state index in [9.17, 15) is 0 Å². The van der Waals surface area contributed by atoms with Crippen molar-refractivity contribution in [3.05, 3.63) is 33.8 Å². The van der Waals surface area contributed by atoms with E-state index in [2.05, 4.69) is 4.99 Å². The van der Waals surface area contributed by atoms with Crippen LogP contribution in [-0.2, 0) is 6.42 Å². The summed E-state index contributed by atoms with van der Waals surface area (Å²) in [6.07, 6.45) is 3.12. The fourth-order valence-corrected chi connectivity index (χ4v) is 2.04. The summed E-state index contributed by atoms with van der Waals surface area (Å²) in [6.45, 7) is 0.966. The van der Waals surface area contributed by atoms with Crippen molar-refractivity contribution < 1.29 is 0 Å². The molecule has 0 N–H and O–H groups in total. The van der Waals surface area contributed by atoms with E-state index < -0.39 is 0 Å². The van der Waals surface area contributed by atoms with Gasteiger partial charge >= 0.3 is 0 Å². The normalized spacial score (nSPS) is 15.7. The number of hydrogen-bond donors (Lipinski definition) is 0. The molecule has 0 fully saturated rings. The van der Waals surface area contributed by atoms with Crippen LogP contribution < -0.4 is 0 Å². The lowest BCUT2D eigenvalue weighted by Crippen LogP contribution is -1.99.